The fraction of sp³-hybridized carbons (Fsp3) is 0.375. The first-order valence-electron chi connectivity index (χ1n) is 7.66. The Labute approximate surface area is 138 Å². The number of carbonyl (C=O) groups is 4. The summed E-state index contributed by atoms with van der Waals surface area (Å²) in [6.07, 6.45) is -0.143. The number of amides is 4. The maximum absolute atomic E-state index is 12.2. The number of cyclic esters (lactones) is 1. The molecule has 2 fully saturated rings. The number of nitrogens with zero attached hydrogens (tertiary/aromatic N) is 2. The number of carbonyl (C=O) groups excluding carboxylic acids is 4. The second kappa shape index (κ2) is 6.69. The van der Waals surface area contributed by atoms with Gasteiger partial charge in [0.25, 0.3) is 11.8 Å². The summed E-state index contributed by atoms with van der Waals surface area (Å²) in [5.74, 6) is -0.948. The zero-order valence-electron chi connectivity index (χ0n) is 12.9. The summed E-state index contributed by atoms with van der Waals surface area (Å²) in [5, 5.41) is 2.58. The lowest BCUT2D eigenvalue weighted by molar-refractivity contribution is -0.130. The summed E-state index contributed by atoms with van der Waals surface area (Å²) in [5.41, 5.74) is 0.481. The molecule has 0 saturated carbocycles. The van der Waals surface area contributed by atoms with Crippen LogP contribution in [0.3, 0.4) is 0 Å². The Kier molecular flexibility index (Phi) is 4.45. The minimum atomic E-state index is -0.656. The van der Waals surface area contributed by atoms with E-state index < -0.39 is 6.09 Å². The molecule has 4 amide bonds. The molecule has 0 bridgehead atoms. The molecule has 0 aromatic heterocycles. The molecule has 2 heterocycles. The standard InChI is InChI=1S/C16H17N3O5/c20-13(8-17-15(22)11-4-2-1-3-5-11)18-7-6-12(9-18)19-14(21)10-24-16(19)23/h1-5,12H,6-10H2,(H,17,22)/t12-/m0/s1. The van der Waals surface area contributed by atoms with Crippen LogP contribution in [-0.2, 0) is 14.3 Å². The van der Waals surface area contributed by atoms with E-state index in [1.165, 1.54) is 4.90 Å². The normalized spacial score (nSPS) is 20.2. The predicted octanol–water partition coefficient (Wildman–Crippen LogP) is -0.00390. The van der Waals surface area contributed by atoms with Crippen LogP contribution in [0.2, 0.25) is 0 Å². The van der Waals surface area contributed by atoms with Crippen LogP contribution in [0.15, 0.2) is 30.3 Å². The van der Waals surface area contributed by atoms with E-state index in [9.17, 15) is 19.2 Å². The number of rotatable bonds is 4. The van der Waals surface area contributed by atoms with Crippen molar-refractivity contribution >= 4 is 23.8 Å². The third kappa shape index (κ3) is 3.22. The molecule has 8 heteroatoms. The highest BCUT2D eigenvalue weighted by Gasteiger charge is 2.41. The van der Waals surface area contributed by atoms with Crippen molar-refractivity contribution in [3.63, 3.8) is 0 Å². The summed E-state index contributed by atoms with van der Waals surface area (Å²) >= 11 is 0. The summed E-state index contributed by atoms with van der Waals surface area (Å²) in [7, 11) is 0. The van der Waals surface area contributed by atoms with Crippen LogP contribution in [-0.4, -0.2) is 65.9 Å². The van der Waals surface area contributed by atoms with Crippen LogP contribution in [0.4, 0.5) is 4.79 Å². The average molecular weight is 331 g/mol. The van der Waals surface area contributed by atoms with Gasteiger partial charge in [0.1, 0.15) is 0 Å². The maximum atomic E-state index is 12.2. The number of imide groups is 1. The molecule has 0 spiro atoms. The first kappa shape index (κ1) is 16.0. The lowest BCUT2D eigenvalue weighted by Gasteiger charge is -2.20. The van der Waals surface area contributed by atoms with Crippen LogP contribution in [0.5, 0.6) is 0 Å². The van der Waals surface area contributed by atoms with E-state index in [0.717, 1.165) is 4.90 Å². The maximum Gasteiger partial charge on any atom is 0.417 e. The number of ether oxygens (including phenoxy) is 1. The largest absolute Gasteiger partial charge is 0.439 e. The molecule has 2 saturated heterocycles. The van der Waals surface area contributed by atoms with Gasteiger partial charge in [0.15, 0.2) is 6.61 Å². The fourth-order valence-electron chi connectivity index (χ4n) is 2.86. The molecule has 2 aliphatic rings. The first-order valence-corrected chi connectivity index (χ1v) is 7.66. The molecule has 3 rings (SSSR count). The molecule has 0 aliphatic carbocycles. The van der Waals surface area contributed by atoms with E-state index in [0.29, 0.717) is 18.5 Å². The summed E-state index contributed by atoms with van der Waals surface area (Å²) < 4.78 is 4.69. The molecule has 1 aromatic carbocycles. The molecule has 0 radical (unpaired) electrons. The Morgan fingerprint density at radius 3 is 2.62 bits per heavy atom. The highest BCUT2D eigenvalue weighted by Crippen LogP contribution is 2.20. The second-order valence-corrected chi connectivity index (χ2v) is 5.65. The van der Waals surface area contributed by atoms with Crippen molar-refractivity contribution in [2.24, 2.45) is 0 Å². The van der Waals surface area contributed by atoms with E-state index >= 15 is 0 Å². The lowest BCUT2D eigenvalue weighted by Crippen LogP contribution is -2.44. The number of hydrogen-bond acceptors (Lipinski definition) is 5. The fourth-order valence-corrected chi connectivity index (χ4v) is 2.86. The van der Waals surface area contributed by atoms with Crippen LogP contribution in [0.25, 0.3) is 0 Å². The highest BCUT2D eigenvalue weighted by atomic mass is 16.6. The van der Waals surface area contributed by atoms with Crippen molar-refractivity contribution in [3.8, 4) is 0 Å². The van der Waals surface area contributed by atoms with Gasteiger partial charge < -0.3 is 15.0 Å². The van der Waals surface area contributed by atoms with Crippen LogP contribution in [0.1, 0.15) is 16.8 Å². The van der Waals surface area contributed by atoms with E-state index in [-0.39, 0.29) is 43.5 Å². The predicted molar refractivity (Wildman–Crippen MR) is 82.0 cm³/mol. The van der Waals surface area contributed by atoms with Gasteiger partial charge in [-0.2, -0.15) is 0 Å². The zero-order valence-corrected chi connectivity index (χ0v) is 12.9. The van der Waals surface area contributed by atoms with Crippen molar-refractivity contribution < 1.29 is 23.9 Å². The Bertz CT molecular complexity index is 660. The molecule has 1 N–H and O–H groups in total. The van der Waals surface area contributed by atoms with E-state index in [1.54, 1.807) is 30.3 Å². The molecule has 1 aromatic rings. The minimum Gasteiger partial charge on any atom is -0.439 e. The van der Waals surface area contributed by atoms with Gasteiger partial charge >= 0.3 is 6.09 Å². The summed E-state index contributed by atoms with van der Waals surface area (Å²) in [4.78, 5) is 49.9. The van der Waals surface area contributed by atoms with Gasteiger partial charge in [-0.15, -0.1) is 0 Å². The van der Waals surface area contributed by atoms with Gasteiger partial charge in [-0.1, -0.05) is 18.2 Å². The Hall–Kier alpha value is -2.90. The summed E-state index contributed by atoms with van der Waals surface area (Å²) in [6, 6.07) is 8.26. The second-order valence-electron chi connectivity index (χ2n) is 5.65. The molecule has 24 heavy (non-hydrogen) atoms. The lowest BCUT2D eigenvalue weighted by atomic mass is 10.2. The molecule has 2 aliphatic heterocycles. The smallest absolute Gasteiger partial charge is 0.417 e. The van der Waals surface area contributed by atoms with Crippen molar-refractivity contribution in [2.45, 2.75) is 12.5 Å². The number of hydrogen-bond donors (Lipinski definition) is 1. The Morgan fingerprint density at radius 1 is 1.21 bits per heavy atom. The monoisotopic (exact) mass is 331 g/mol. The molecule has 126 valence electrons. The van der Waals surface area contributed by atoms with Crippen LogP contribution in [0, 0.1) is 0 Å². The van der Waals surface area contributed by atoms with E-state index in [2.05, 4.69) is 5.32 Å². The first-order chi connectivity index (χ1) is 11.6. The Balaban J connectivity index is 1.51. The van der Waals surface area contributed by atoms with Gasteiger partial charge in [0, 0.05) is 18.7 Å². The highest BCUT2D eigenvalue weighted by molar-refractivity contribution is 5.98. The molecule has 1 atom stereocenters. The van der Waals surface area contributed by atoms with E-state index in [1.807, 2.05) is 0 Å². The van der Waals surface area contributed by atoms with Crippen molar-refractivity contribution in [1.82, 2.24) is 15.1 Å². The molecular weight excluding hydrogens is 314 g/mol. The van der Waals surface area contributed by atoms with Crippen molar-refractivity contribution in [1.29, 1.82) is 0 Å². The quantitative estimate of drug-likeness (QED) is 0.837. The number of nitrogens with one attached hydrogen (secondary N) is 1. The van der Waals surface area contributed by atoms with Gasteiger partial charge in [-0.3, -0.25) is 14.4 Å². The van der Waals surface area contributed by atoms with Crippen LogP contribution >= 0.6 is 0 Å². The van der Waals surface area contributed by atoms with Crippen molar-refractivity contribution in [2.75, 3.05) is 26.2 Å². The van der Waals surface area contributed by atoms with Gasteiger partial charge in [-0.25, -0.2) is 9.69 Å². The number of likely N-dealkylation sites (tertiary alicyclic amines) is 1. The Morgan fingerprint density at radius 2 is 1.96 bits per heavy atom. The average Bonchev–Trinajstić information content (AvgIpc) is 3.20. The topological polar surface area (TPSA) is 96.0 Å². The number of benzene rings is 1. The van der Waals surface area contributed by atoms with Gasteiger partial charge in [-0.05, 0) is 18.6 Å². The van der Waals surface area contributed by atoms with Crippen molar-refractivity contribution in [3.05, 3.63) is 35.9 Å². The molecular formula is C16H17N3O5. The van der Waals surface area contributed by atoms with Crippen LogP contribution < -0.4 is 5.32 Å². The van der Waals surface area contributed by atoms with Gasteiger partial charge in [0.05, 0.1) is 12.6 Å². The van der Waals surface area contributed by atoms with Gasteiger partial charge in [0.2, 0.25) is 5.91 Å². The molecule has 8 nitrogen and oxygen atoms in total. The third-order valence-corrected chi connectivity index (χ3v) is 4.10. The van der Waals surface area contributed by atoms with E-state index in [4.69, 9.17) is 4.74 Å². The SMILES string of the molecule is O=C(NCC(=O)N1CC[C@H](N2C(=O)COC2=O)C1)c1ccccc1. The molecule has 0 unspecified atom stereocenters. The zero-order chi connectivity index (χ0) is 17.1. The summed E-state index contributed by atoms with van der Waals surface area (Å²) in [6.45, 7) is 0.331. The third-order valence-electron chi connectivity index (χ3n) is 4.10. The minimum absolute atomic E-state index is 0.126.